The van der Waals surface area contributed by atoms with E-state index in [9.17, 15) is 0 Å². The monoisotopic (exact) mass is 267 g/mol. The van der Waals surface area contributed by atoms with Crippen LogP contribution in [0.2, 0.25) is 0 Å². The number of ether oxygens (including phenoxy) is 1. The van der Waals surface area contributed by atoms with E-state index in [4.69, 9.17) is 10.5 Å². The fraction of sp³-hybridized carbons (Fsp3) is 0.700. The second kappa shape index (κ2) is 7.12. The lowest BCUT2D eigenvalue weighted by Gasteiger charge is -2.28. The van der Waals surface area contributed by atoms with Crippen LogP contribution in [0.1, 0.15) is 31.7 Å². The Morgan fingerprint density at radius 2 is 2.31 bits per heavy atom. The molecule has 0 bridgehead atoms. The predicted molar refractivity (Wildman–Crippen MR) is 68.3 cm³/mol. The van der Waals surface area contributed by atoms with Gasteiger partial charge in [-0.2, -0.15) is 0 Å². The highest BCUT2D eigenvalue weighted by Gasteiger charge is 2.27. The van der Waals surface area contributed by atoms with Crippen molar-refractivity contribution < 1.29 is 4.74 Å². The Morgan fingerprint density at radius 1 is 1.56 bits per heavy atom. The number of nitrogens with zero attached hydrogens (tertiary/aromatic N) is 2. The molecule has 1 saturated heterocycles. The molecule has 2 rings (SSSR count). The summed E-state index contributed by atoms with van der Waals surface area (Å²) in [5.74, 6) is 0.972. The summed E-state index contributed by atoms with van der Waals surface area (Å²) in [6, 6.07) is 0.0939. The highest BCUT2D eigenvalue weighted by molar-refractivity contribution is 5.85. The van der Waals surface area contributed by atoms with Crippen LogP contribution in [0.15, 0.2) is 12.4 Å². The number of hydrogen-bond acceptors (Lipinski definition) is 3. The molecule has 0 aromatic carbocycles. The lowest BCUT2D eigenvalue weighted by atomic mass is 10.0. The number of nitrogens with two attached hydrogens (primary N) is 1. The van der Waals surface area contributed by atoms with Gasteiger partial charge < -0.3 is 15.0 Å². The van der Waals surface area contributed by atoms with E-state index in [-0.39, 0.29) is 37.0 Å². The molecule has 2 heterocycles. The smallest absolute Gasteiger partial charge is 0.139 e. The lowest BCUT2D eigenvalue weighted by molar-refractivity contribution is -0.00711. The molecule has 0 spiro atoms. The summed E-state index contributed by atoms with van der Waals surface area (Å²) in [6.45, 7) is 3.82. The van der Waals surface area contributed by atoms with Gasteiger partial charge in [0, 0.05) is 31.6 Å². The Morgan fingerprint density at radius 3 is 2.94 bits per heavy atom. The zero-order valence-corrected chi connectivity index (χ0v) is 11.0. The predicted octanol–water partition coefficient (Wildman–Crippen LogP) is 1.93. The Balaban J connectivity index is 0.00000112. The molecule has 1 aromatic rings. The normalized spacial score (nSPS) is 24.4. The number of aromatic nitrogens is 2. The van der Waals surface area contributed by atoms with Crippen LogP contribution in [-0.4, -0.2) is 22.2 Å². The molecule has 94 valence electrons. The van der Waals surface area contributed by atoms with E-state index in [1.54, 1.807) is 0 Å². The largest absolute Gasteiger partial charge is 0.369 e. The third-order valence-corrected chi connectivity index (χ3v) is 2.71. The summed E-state index contributed by atoms with van der Waals surface area (Å²) < 4.78 is 7.76. The van der Waals surface area contributed by atoms with Gasteiger partial charge in [0.25, 0.3) is 0 Å². The van der Waals surface area contributed by atoms with Crippen molar-refractivity contribution in [1.29, 1.82) is 0 Å². The van der Waals surface area contributed by atoms with Gasteiger partial charge in [-0.3, -0.25) is 0 Å². The van der Waals surface area contributed by atoms with Gasteiger partial charge >= 0.3 is 0 Å². The van der Waals surface area contributed by atoms with Gasteiger partial charge in [-0.05, 0) is 19.8 Å². The van der Waals surface area contributed by atoms with E-state index in [1.807, 2.05) is 12.4 Å². The average molecular weight is 268 g/mol. The molecule has 1 aliphatic heterocycles. The Labute approximate surface area is 108 Å². The minimum Gasteiger partial charge on any atom is -0.369 e. The van der Waals surface area contributed by atoms with Crippen molar-refractivity contribution >= 4 is 24.8 Å². The summed E-state index contributed by atoms with van der Waals surface area (Å²) in [5.41, 5.74) is 6.02. The van der Waals surface area contributed by atoms with Crippen molar-refractivity contribution in [2.45, 2.75) is 38.5 Å². The quantitative estimate of drug-likeness (QED) is 0.891. The van der Waals surface area contributed by atoms with E-state index in [2.05, 4.69) is 16.5 Å². The minimum absolute atomic E-state index is 0. The molecule has 0 aliphatic carbocycles. The lowest BCUT2D eigenvalue weighted by Crippen LogP contribution is -2.36. The number of rotatable bonds is 2. The summed E-state index contributed by atoms with van der Waals surface area (Å²) in [4.78, 5) is 4.32. The molecule has 1 aliphatic rings. The van der Waals surface area contributed by atoms with Crippen molar-refractivity contribution in [3.8, 4) is 0 Å². The van der Waals surface area contributed by atoms with Gasteiger partial charge in [-0.1, -0.05) is 0 Å². The molecule has 1 fully saturated rings. The van der Waals surface area contributed by atoms with Crippen LogP contribution in [0.3, 0.4) is 0 Å². The van der Waals surface area contributed by atoms with Crippen LogP contribution >= 0.6 is 24.8 Å². The van der Waals surface area contributed by atoms with Crippen molar-refractivity contribution in [2.24, 2.45) is 5.73 Å². The van der Waals surface area contributed by atoms with Gasteiger partial charge in [0.2, 0.25) is 0 Å². The van der Waals surface area contributed by atoms with Gasteiger partial charge in [-0.15, -0.1) is 24.8 Å². The SMILES string of the molecule is CCn1ccnc1C1OCCCC1N.Cl.Cl. The maximum atomic E-state index is 6.02. The minimum atomic E-state index is -0.0151. The molecule has 4 nitrogen and oxygen atoms in total. The van der Waals surface area contributed by atoms with Crippen molar-refractivity contribution in [2.75, 3.05) is 6.61 Å². The van der Waals surface area contributed by atoms with E-state index in [0.29, 0.717) is 0 Å². The second-order valence-corrected chi connectivity index (χ2v) is 3.67. The Hall–Kier alpha value is -0.290. The second-order valence-electron chi connectivity index (χ2n) is 3.67. The van der Waals surface area contributed by atoms with Gasteiger partial charge in [-0.25, -0.2) is 4.98 Å². The molecular formula is C10H19Cl2N3O. The standard InChI is InChI=1S/C10H17N3O.2ClH/c1-2-13-6-5-12-10(13)9-8(11)4-3-7-14-9;;/h5-6,8-9H,2-4,7,11H2,1H3;2*1H. The first-order chi connectivity index (χ1) is 6.83. The van der Waals surface area contributed by atoms with E-state index in [1.165, 1.54) is 0 Å². The third-order valence-electron chi connectivity index (χ3n) is 2.71. The van der Waals surface area contributed by atoms with Crippen LogP contribution in [0.4, 0.5) is 0 Å². The molecular weight excluding hydrogens is 249 g/mol. The summed E-state index contributed by atoms with van der Waals surface area (Å²) in [6.07, 6.45) is 5.86. The van der Waals surface area contributed by atoms with E-state index < -0.39 is 0 Å². The van der Waals surface area contributed by atoms with Gasteiger partial charge in [0.1, 0.15) is 11.9 Å². The maximum absolute atomic E-state index is 6.02. The summed E-state index contributed by atoms with van der Waals surface area (Å²) in [5, 5.41) is 0. The first kappa shape index (κ1) is 15.7. The molecule has 2 N–H and O–H groups in total. The summed E-state index contributed by atoms with van der Waals surface area (Å²) in [7, 11) is 0. The molecule has 0 radical (unpaired) electrons. The molecule has 16 heavy (non-hydrogen) atoms. The van der Waals surface area contributed by atoms with E-state index >= 15 is 0 Å². The Kier molecular flexibility index (Phi) is 6.99. The topological polar surface area (TPSA) is 53.1 Å². The number of aryl methyl sites for hydroxylation is 1. The zero-order valence-electron chi connectivity index (χ0n) is 9.33. The molecule has 2 unspecified atom stereocenters. The first-order valence-corrected chi connectivity index (χ1v) is 5.21. The van der Waals surface area contributed by atoms with Crippen LogP contribution in [-0.2, 0) is 11.3 Å². The van der Waals surface area contributed by atoms with Crippen LogP contribution in [0.25, 0.3) is 0 Å². The molecule has 2 atom stereocenters. The highest BCUT2D eigenvalue weighted by Crippen LogP contribution is 2.25. The molecule has 0 amide bonds. The fourth-order valence-corrected chi connectivity index (χ4v) is 1.92. The number of halogens is 2. The molecule has 6 heteroatoms. The number of hydrogen-bond donors (Lipinski definition) is 1. The average Bonchev–Trinajstić information content (AvgIpc) is 2.66. The van der Waals surface area contributed by atoms with Gasteiger partial charge in [0.15, 0.2) is 0 Å². The Bertz CT molecular complexity index is 306. The van der Waals surface area contributed by atoms with E-state index in [0.717, 1.165) is 31.8 Å². The van der Waals surface area contributed by atoms with Crippen LogP contribution < -0.4 is 5.73 Å². The summed E-state index contributed by atoms with van der Waals surface area (Å²) >= 11 is 0. The van der Waals surface area contributed by atoms with Crippen molar-refractivity contribution in [3.05, 3.63) is 18.2 Å². The molecule has 0 saturated carbocycles. The highest BCUT2D eigenvalue weighted by atomic mass is 35.5. The fourth-order valence-electron chi connectivity index (χ4n) is 1.92. The van der Waals surface area contributed by atoms with Crippen LogP contribution in [0, 0.1) is 0 Å². The molecule has 1 aromatic heterocycles. The van der Waals surface area contributed by atoms with Crippen LogP contribution in [0.5, 0.6) is 0 Å². The maximum Gasteiger partial charge on any atom is 0.139 e. The van der Waals surface area contributed by atoms with Crippen molar-refractivity contribution in [1.82, 2.24) is 9.55 Å². The first-order valence-electron chi connectivity index (χ1n) is 5.21. The van der Waals surface area contributed by atoms with Gasteiger partial charge in [0.05, 0.1) is 0 Å². The zero-order chi connectivity index (χ0) is 9.97. The number of imidazole rings is 1. The third kappa shape index (κ3) is 3.10. The van der Waals surface area contributed by atoms with Crippen molar-refractivity contribution in [3.63, 3.8) is 0 Å².